The van der Waals surface area contributed by atoms with Gasteiger partial charge in [-0.1, -0.05) is 0 Å². The van der Waals surface area contributed by atoms with Gasteiger partial charge in [0.2, 0.25) is 6.17 Å². The van der Waals surface area contributed by atoms with Gasteiger partial charge < -0.3 is 0 Å². The van der Waals surface area contributed by atoms with Crippen LogP contribution in [0.2, 0.25) is 0 Å². The van der Waals surface area contributed by atoms with Crippen LogP contribution in [-0.4, -0.2) is 47.1 Å². The van der Waals surface area contributed by atoms with Crippen molar-refractivity contribution in [1.29, 1.82) is 0 Å². The molecule has 3 rings (SSSR count). The molecule has 0 spiro atoms. The van der Waals surface area contributed by atoms with Crippen molar-refractivity contribution in [1.82, 2.24) is 0 Å². The van der Waals surface area contributed by atoms with Gasteiger partial charge in [-0.05, 0) is 0 Å². The fourth-order valence-corrected chi connectivity index (χ4v) is 2.45. The van der Waals surface area contributed by atoms with Crippen molar-refractivity contribution < 1.29 is 57.1 Å². The molecule has 0 aromatic carbocycles. The predicted octanol–water partition coefficient (Wildman–Crippen LogP) is 3.94. The molecule has 1 unspecified atom stereocenters. The van der Waals surface area contributed by atoms with E-state index in [2.05, 4.69) is 0 Å². The van der Waals surface area contributed by atoms with E-state index in [1.165, 1.54) is 0 Å². The number of alkyl halides is 13. The SMILES string of the molecule is FC1C(F)(F)C2(F)C(F)(F)C(F)(F)C1(F)C(F)(F)C2(F)F. The Kier molecular flexibility index (Phi) is 2.52. The zero-order valence-corrected chi connectivity index (χ0v) is 8.99. The first kappa shape index (κ1) is 16.5. The summed E-state index contributed by atoms with van der Waals surface area (Å²) in [5, 5.41) is 0. The molecule has 21 heavy (non-hydrogen) atoms. The summed E-state index contributed by atoms with van der Waals surface area (Å²) in [6.45, 7) is 0. The van der Waals surface area contributed by atoms with Crippen molar-refractivity contribution in [2.75, 3.05) is 0 Å². The molecule has 1 atom stereocenters. The summed E-state index contributed by atoms with van der Waals surface area (Å²) in [5.41, 5.74) is -14.3. The van der Waals surface area contributed by atoms with Crippen molar-refractivity contribution in [2.45, 2.75) is 47.1 Å². The molecule has 0 radical (unpaired) electrons. The van der Waals surface area contributed by atoms with Gasteiger partial charge in [-0.3, -0.25) is 0 Å². The van der Waals surface area contributed by atoms with Crippen molar-refractivity contribution in [3.8, 4) is 0 Å². The van der Waals surface area contributed by atoms with Gasteiger partial charge in [0.25, 0.3) is 5.67 Å². The standard InChI is InChI=1S/C8HF13/c9-1-2(10)5(14,15)7(18,19)4(13,3(1,11)12)8(20,21)6(2,16)17/h1H. The van der Waals surface area contributed by atoms with Gasteiger partial charge in [0, 0.05) is 0 Å². The first-order chi connectivity index (χ1) is 8.90. The van der Waals surface area contributed by atoms with Crippen molar-refractivity contribution >= 4 is 0 Å². The van der Waals surface area contributed by atoms with Crippen LogP contribution in [0.25, 0.3) is 0 Å². The van der Waals surface area contributed by atoms with E-state index in [-0.39, 0.29) is 0 Å². The second-order valence-corrected chi connectivity index (χ2v) is 4.65. The Balaban J connectivity index is 3.02. The van der Waals surface area contributed by atoms with E-state index < -0.39 is 47.1 Å². The average molecular weight is 344 g/mol. The van der Waals surface area contributed by atoms with Crippen LogP contribution >= 0.6 is 0 Å². The Morgan fingerprint density at radius 3 is 1.05 bits per heavy atom. The summed E-state index contributed by atoms with van der Waals surface area (Å²) in [6, 6.07) is 0. The number of hydrogen-bond donors (Lipinski definition) is 0. The van der Waals surface area contributed by atoms with E-state index in [0.717, 1.165) is 0 Å². The maximum absolute atomic E-state index is 13.5. The van der Waals surface area contributed by atoms with Crippen LogP contribution in [0.15, 0.2) is 0 Å². The van der Waals surface area contributed by atoms with E-state index in [9.17, 15) is 57.1 Å². The van der Waals surface area contributed by atoms with E-state index in [0.29, 0.717) is 0 Å². The van der Waals surface area contributed by atoms with Crippen LogP contribution in [0.1, 0.15) is 0 Å². The number of hydrogen-bond acceptors (Lipinski definition) is 0. The second kappa shape index (κ2) is 3.21. The van der Waals surface area contributed by atoms with Gasteiger partial charge in [0.05, 0.1) is 0 Å². The van der Waals surface area contributed by atoms with E-state index in [4.69, 9.17) is 0 Å². The van der Waals surface area contributed by atoms with Crippen LogP contribution in [0, 0.1) is 0 Å². The molecule has 0 saturated heterocycles. The third-order valence-electron chi connectivity index (χ3n) is 3.69. The largest absolute Gasteiger partial charge is 0.359 e. The van der Waals surface area contributed by atoms with E-state index >= 15 is 0 Å². The molecular weight excluding hydrogens is 343 g/mol. The smallest absolute Gasteiger partial charge is 0.237 e. The zero-order chi connectivity index (χ0) is 17.1. The Labute approximate surface area is 105 Å². The van der Waals surface area contributed by atoms with E-state index in [1.807, 2.05) is 0 Å². The van der Waals surface area contributed by atoms with E-state index in [1.54, 1.807) is 0 Å². The fraction of sp³-hybridized carbons (Fsp3) is 1.00. The third kappa shape index (κ3) is 1.02. The molecule has 3 aliphatic rings. The summed E-state index contributed by atoms with van der Waals surface area (Å²) < 4.78 is 170. The summed E-state index contributed by atoms with van der Waals surface area (Å²) in [4.78, 5) is 0. The Morgan fingerprint density at radius 1 is 0.476 bits per heavy atom. The molecular formula is C8HF13. The Morgan fingerprint density at radius 2 is 0.762 bits per heavy atom. The van der Waals surface area contributed by atoms with Crippen molar-refractivity contribution in [3.05, 3.63) is 0 Å². The van der Waals surface area contributed by atoms with Crippen molar-refractivity contribution in [3.63, 3.8) is 0 Å². The summed E-state index contributed by atoms with van der Waals surface area (Å²) in [5.74, 6) is -35.7. The first-order valence-electron chi connectivity index (χ1n) is 4.81. The molecule has 124 valence electrons. The summed E-state index contributed by atoms with van der Waals surface area (Å²) >= 11 is 0. The predicted molar refractivity (Wildman–Crippen MR) is 37.3 cm³/mol. The highest BCUT2D eigenvalue weighted by molar-refractivity contribution is 5.41. The quantitative estimate of drug-likeness (QED) is 0.584. The minimum atomic E-state index is -7.33. The normalized spacial score (nSPS) is 48.1. The lowest BCUT2D eigenvalue weighted by Crippen LogP contribution is -2.97. The molecule has 0 N–H and O–H groups in total. The number of fused-ring (bicyclic) bond motifs is 3. The summed E-state index contributed by atoms with van der Waals surface area (Å²) in [7, 11) is 0. The topological polar surface area (TPSA) is 0 Å². The highest BCUT2D eigenvalue weighted by Crippen LogP contribution is 2.78. The van der Waals surface area contributed by atoms with Crippen LogP contribution in [0.5, 0.6) is 0 Å². The molecule has 3 saturated carbocycles. The molecule has 13 heteroatoms. The minimum absolute atomic E-state index is 5.63. The third-order valence-corrected chi connectivity index (χ3v) is 3.69. The molecule has 2 bridgehead atoms. The second-order valence-electron chi connectivity index (χ2n) is 4.65. The minimum Gasteiger partial charge on any atom is -0.237 e. The van der Waals surface area contributed by atoms with Gasteiger partial charge in [0.15, 0.2) is 0 Å². The molecule has 3 aliphatic carbocycles. The van der Waals surface area contributed by atoms with Gasteiger partial charge in [-0.2, -0.15) is 43.9 Å². The highest BCUT2D eigenvalue weighted by atomic mass is 19.4. The fourth-order valence-electron chi connectivity index (χ4n) is 2.45. The van der Waals surface area contributed by atoms with Crippen LogP contribution in [0.4, 0.5) is 57.1 Å². The van der Waals surface area contributed by atoms with Crippen LogP contribution in [0.3, 0.4) is 0 Å². The molecule has 0 nitrogen and oxygen atoms in total. The van der Waals surface area contributed by atoms with Crippen LogP contribution < -0.4 is 0 Å². The lowest BCUT2D eigenvalue weighted by molar-refractivity contribution is -0.535. The Hall–Kier alpha value is -0.910. The molecule has 0 aromatic rings. The Bertz CT molecular complexity index is 462. The lowest BCUT2D eigenvalue weighted by atomic mass is 9.55. The van der Waals surface area contributed by atoms with Gasteiger partial charge in [-0.15, -0.1) is 0 Å². The monoisotopic (exact) mass is 344 g/mol. The number of halogens is 13. The zero-order valence-electron chi connectivity index (χ0n) is 8.99. The molecule has 0 amide bonds. The molecule has 0 aromatic heterocycles. The van der Waals surface area contributed by atoms with Gasteiger partial charge >= 0.3 is 35.3 Å². The summed E-state index contributed by atoms with van der Waals surface area (Å²) in [6.07, 6.45) is -5.63. The van der Waals surface area contributed by atoms with Gasteiger partial charge in [0.1, 0.15) is 0 Å². The van der Waals surface area contributed by atoms with Crippen LogP contribution in [-0.2, 0) is 0 Å². The first-order valence-corrected chi connectivity index (χ1v) is 4.81. The maximum Gasteiger partial charge on any atom is 0.359 e. The lowest BCUT2D eigenvalue weighted by Gasteiger charge is -2.62. The average Bonchev–Trinajstić information content (AvgIpc) is 2.31. The van der Waals surface area contributed by atoms with Gasteiger partial charge in [-0.25, -0.2) is 13.2 Å². The number of rotatable bonds is 0. The molecule has 0 heterocycles. The molecule has 0 aliphatic heterocycles. The van der Waals surface area contributed by atoms with Crippen molar-refractivity contribution in [2.24, 2.45) is 0 Å². The maximum atomic E-state index is 13.5. The molecule has 3 fully saturated rings. The highest BCUT2D eigenvalue weighted by Gasteiger charge is 3.11.